The normalized spacial score (nSPS) is 14.9. The predicted octanol–water partition coefficient (Wildman–Crippen LogP) is 4.09. The second kappa shape index (κ2) is 7.23. The van der Waals surface area contributed by atoms with Crippen LogP contribution >= 0.6 is 11.3 Å². The molecule has 2 aromatic heterocycles. The Morgan fingerprint density at radius 2 is 2.04 bits per heavy atom. The molecule has 0 N–H and O–H groups in total. The van der Waals surface area contributed by atoms with Crippen LogP contribution in [0.2, 0.25) is 0 Å². The molecule has 146 valence electrons. The molecule has 0 fully saturated rings. The molecule has 11 heteroatoms. The van der Waals surface area contributed by atoms with Crippen LogP contribution in [0.3, 0.4) is 0 Å². The van der Waals surface area contributed by atoms with E-state index in [9.17, 15) is 13.2 Å². The summed E-state index contributed by atoms with van der Waals surface area (Å²) in [7, 11) is 0. The van der Waals surface area contributed by atoms with Gasteiger partial charge in [0.05, 0.1) is 5.56 Å². The van der Waals surface area contributed by atoms with E-state index in [1.54, 1.807) is 13.0 Å². The van der Waals surface area contributed by atoms with Gasteiger partial charge in [0.25, 0.3) is 0 Å². The molecule has 0 unspecified atom stereocenters. The zero-order chi connectivity index (χ0) is 19.7. The van der Waals surface area contributed by atoms with Crippen LogP contribution in [-0.2, 0) is 6.18 Å². The minimum atomic E-state index is -4.46. The number of anilines is 1. The molecule has 0 radical (unpaired) electrons. The molecule has 28 heavy (non-hydrogen) atoms. The van der Waals surface area contributed by atoms with Gasteiger partial charge < -0.3 is 14.2 Å². The first-order valence-electron chi connectivity index (χ1n) is 8.32. The summed E-state index contributed by atoms with van der Waals surface area (Å²) in [6, 6.07) is 5.18. The zero-order valence-corrected chi connectivity index (χ0v) is 15.4. The molecule has 3 heterocycles. The van der Waals surface area contributed by atoms with Crippen molar-refractivity contribution >= 4 is 16.5 Å². The number of para-hydroxylation sites is 1. The molecule has 3 aromatic rings. The van der Waals surface area contributed by atoms with Gasteiger partial charge in [-0.25, -0.2) is 0 Å². The van der Waals surface area contributed by atoms with Crippen LogP contribution in [0.15, 0.2) is 40.6 Å². The molecule has 4 rings (SSSR count). The number of benzene rings is 1. The summed E-state index contributed by atoms with van der Waals surface area (Å²) in [6.45, 7) is 2.68. The van der Waals surface area contributed by atoms with Crippen LogP contribution < -0.4 is 9.64 Å². The lowest BCUT2D eigenvalue weighted by Gasteiger charge is -2.25. The number of hydrogen-bond donors (Lipinski definition) is 0. The molecule has 0 saturated carbocycles. The molecule has 0 bridgehead atoms. The Labute approximate surface area is 161 Å². The summed E-state index contributed by atoms with van der Waals surface area (Å²) in [4.78, 5) is 6.07. The van der Waals surface area contributed by atoms with Gasteiger partial charge in [0.2, 0.25) is 16.8 Å². The Balaban J connectivity index is 1.45. The number of rotatable bonds is 4. The number of aromatic nitrogens is 4. The van der Waals surface area contributed by atoms with Crippen LogP contribution in [0.25, 0.3) is 10.8 Å². The largest absolute Gasteiger partial charge is 0.461 e. The third-order valence-corrected chi connectivity index (χ3v) is 4.98. The van der Waals surface area contributed by atoms with Crippen LogP contribution in [0.1, 0.15) is 17.9 Å². The van der Waals surface area contributed by atoms with Crippen molar-refractivity contribution in [2.24, 2.45) is 0 Å². The molecule has 1 aliphatic rings. The van der Waals surface area contributed by atoms with E-state index in [1.807, 2.05) is 4.90 Å². The Morgan fingerprint density at radius 1 is 1.21 bits per heavy atom. The summed E-state index contributed by atoms with van der Waals surface area (Å²) >= 11 is 1.32. The van der Waals surface area contributed by atoms with Gasteiger partial charge in [-0.1, -0.05) is 28.6 Å². The fourth-order valence-corrected chi connectivity index (χ4v) is 3.47. The highest BCUT2D eigenvalue weighted by molar-refractivity contribution is 7.18. The highest BCUT2D eigenvalue weighted by atomic mass is 32.1. The smallest absolute Gasteiger partial charge is 0.419 e. The van der Waals surface area contributed by atoms with Gasteiger partial charge in [0, 0.05) is 26.4 Å². The van der Waals surface area contributed by atoms with Crippen molar-refractivity contribution in [1.29, 1.82) is 0 Å². The minimum Gasteiger partial charge on any atom is -0.461 e. The van der Waals surface area contributed by atoms with Gasteiger partial charge in [-0.05, 0) is 18.2 Å². The summed E-state index contributed by atoms with van der Waals surface area (Å²) in [6.07, 6.45) is -2.27. The molecule has 0 amide bonds. The first-order valence-corrected chi connectivity index (χ1v) is 9.14. The van der Waals surface area contributed by atoms with Crippen LogP contribution in [-0.4, -0.2) is 33.4 Å². The van der Waals surface area contributed by atoms with E-state index in [0.29, 0.717) is 47.1 Å². The topological polar surface area (TPSA) is 77.2 Å². The third kappa shape index (κ3) is 3.84. The molecule has 0 atom stereocenters. The first-order chi connectivity index (χ1) is 13.4. The predicted molar refractivity (Wildman–Crippen MR) is 94.9 cm³/mol. The van der Waals surface area contributed by atoms with Gasteiger partial charge >= 0.3 is 6.18 Å². The fraction of sp³-hybridized carbons (Fsp3) is 0.294. The van der Waals surface area contributed by atoms with Gasteiger partial charge in [-0.15, -0.1) is 10.2 Å². The van der Waals surface area contributed by atoms with E-state index in [1.165, 1.54) is 29.5 Å². The van der Waals surface area contributed by atoms with Crippen molar-refractivity contribution in [3.8, 4) is 16.6 Å². The van der Waals surface area contributed by atoms with E-state index in [2.05, 4.69) is 20.3 Å². The standard InChI is InChI=1S/C17H14F3N5O2S/c1-10-21-14(24-27-10)15-22-23-16(28-15)25-8-6-11(7-9-25)26-13-5-3-2-4-12(13)17(18,19)20/h2-6H,7-9H2,1H3. The van der Waals surface area contributed by atoms with Crippen molar-refractivity contribution in [2.45, 2.75) is 19.5 Å². The lowest BCUT2D eigenvalue weighted by atomic mass is 10.2. The maximum atomic E-state index is 13.1. The lowest BCUT2D eigenvalue weighted by Crippen LogP contribution is -2.29. The maximum absolute atomic E-state index is 13.1. The molecule has 0 saturated heterocycles. The fourth-order valence-electron chi connectivity index (χ4n) is 2.67. The average Bonchev–Trinajstić information content (AvgIpc) is 3.31. The summed E-state index contributed by atoms with van der Waals surface area (Å²) in [5.41, 5.74) is -0.789. The maximum Gasteiger partial charge on any atom is 0.419 e. The molecular formula is C17H14F3N5O2S. The van der Waals surface area contributed by atoms with Crippen LogP contribution in [0.5, 0.6) is 5.75 Å². The van der Waals surface area contributed by atoms with Gasteiger partial charge in [-0.2, -0.15) is 18.2 Å². The van der Waals surface area contributed by atoms with E-state index >= 15 is 0 Å². The SMILES string of the molecule is Cc1nc(-c2nnc(N3CC=C(Oc4ccccc4C(F)(F)F)CC3)s2)no1. The number of aryl methyl sites for hydroxylation is 1. The Bertz CT molecular complexity index is 1010. The van der Waals surface area contributed by atoms with Gasteiger partial charge in [0.15, 0.2) is 5.01 Å². The van der Waals surface area contributed by atoms with Crippen molar-refractivity contribution in [2.75, 3.05) is 18.0 Å². The average molecular weight is 409 g/mol. The quantitative estimate of drug-likeness (QED) is 0.642. The van der Waals surface area contributed by atoms with Gasteiger partial charge in [-0.3, -0.25) is 0 Å². The molecule has 1 aromatic carbocycles. The van der Waals surface area contributed by atoms with Crippen molar-refractivity contribution in [3.05, 3.63) is 47.6 Å². The lowest BCUT2D eigenvalue weighted by molar-refractivity contribution is -0.138. The number of halogens is 3. The van der Waals surface area contributed by atoms with E-state index in [4.69, 9.17) is 9.26 Å². The summed E-state index contributed by atoms with van der Waals surface area (Å²) in [5.74, 6) is 1.11. The second-order valence-corrected chi connectivity index (χ2v) is 6.95. The number of ether oxygens (including phenoxy) is 1. The number of hydrogen-bond acceptors (Lipinski definition) is 8. The van der Waals surface area contributed by atoms with Crippen molar-refractivity contribution in [1.82, 2.24) is 20.3 Å². The van der Waals surface area contributed by atoms with Crippen molar-refractivity contribution in [3.63, 3.8) is 0 Å². The number of nitrogens with zero attached hydrogens (tertiary/aromatic N) is 5. The highest BCUT2D eigenvalue weighted by Gasteiger charge is 2.34. The Kier molecular flexibility index (Phi) is 4.75. The van der Waals surface area contributed by atoms with Crippen LogP contribution in [0.4, 0.5) is 18.3 Å². The summed E-state index contributed by atoms with van der Waals surface area (Å²) in [5, 5.41) is 13.2. The summed E-state index contributed by atoms with van der Waals surface area (Å²) < 4.78 is 49.7. The molecular weight excluding hydrogens is 395 g/mol. The first kappa shape index (κ1) is 18.4. The van der Waals surface area contributed by atoms with E-state index < -0.39 is 11.7 Å². The van der Waals surface area contributed by atoms with E-state index in [0.717, 1.165) is 6.07 Å². The van der Waals surface area contributed by atoms with Crippen LogP contribution in [0, 0.1) is 6.92 Å². The number of alkyl halides is 3. The Hall–Kier alpha value is -2.95. The van der Waals surface area contributed by atoms with Gasteiger partial charge in [0.1, 0.15) is 11.5 Å². The van der Waals surface area contributed by atoms with Crippen molar-refractivity contribution < 1.29 is 22.4 Å². The Morgan fingerprint density at radius 3 is 2.71 bits per heavy atom. The molecule has 7 nitrogen and oxygen atoms in total. The minimum absolute atomic E-state index is 0.194. The van der Waals surface area contributed by atoms with E-state index in [-0.39, 0.29) is 5.75 Å². The molecule has 0 spiro atoms. The third-order valence-electron chi connectivity index (χ3n) is 4.00. The second-order valence-electron chi connectivity index (χ2n) is 5.99. The molecule has 1 aliphatic heterocycles. The molecule has 0 aliphatic carbocycles. The monoisotopic (exact) mass is 409 g/mol. The highest BCUT2D eigenvalue weighted by Crippen LogP contribution is 2.37. The zero-order valence-electron chi connectivity index (χ0n) is 14.6.